The first-order valence-electron chi connectivity index (χ1n) is 7.92. The summed E-state index contributed by atoms with van der Waals surface area (Å²) in [4.78, 5) is 22.0. The van der Waals surface area contributed by atoms with Crippen molar-refractivity contribution in [3.8, 4) is 0 Å². The fraction of sp³-hybridized carbons (Fsp3) is 0.375. The molecule has 146 valence electrons. The van der Waals surface area contributed by atoms with Gasteiger partial charge in [0, 0.05) is 12.3 Å². The van der Waals surface area contributed by atoms with Gasteiger partial charge in [0.2, 0.25) is 14.8 Å². The van der Waals surface area contributed by atoms with E-state index in [1.165, 1.54) is 24.3 Å². The van der Waals surface area contributed by atoms with Gasteiger partial charge in [-0.2, -0.15) is 0 Å². The molecule has 1 aromatic heterocycles. The number of aromatic amines is 1. The molecule has 4 N–H and O–H groups in total. The number of H-pyrrole nitrogens is 1. The van der Waals surface area contributed by atoms with Crippen LogP contribution in [0.15, 0.2) is 51.0 Å². The van der Waals surface area contributed by atoms with E-state index in [4.69, 9.17) is 4.74 Å². The molecule has 3 rings (SSSR count). The van der Waals surface area contributed by atoms with Gasteiger partial charge in [0.05, 0.1) is 11.5 Å². The van der Waals surface area contributed by atoms with Gasteiger partial charge in [-0.05, 0) is 19.1 Å². The van der Waals surface area contributed by atoms with E-state index < -0.39 is 51.1 Å². The van der Waals surface area contributed by atoms with E-state index in [1.54, 1.807) is 6.92 Å². The fourth-order valence-corrected chi connectivity index (χ4v) is 4.74. The summed E-state index contributed by atoms with van der Waals surface area (Å²) < 4.78 is 32.2. The molecule has 1 aliphatic heterocycles. The van der Waals surface area contributed by atoms with Gasteiger partial charge in [0.25, 0.3) is 5.56 Å². The number of hydrogen-bond donors (Lipinski definition) is 4. The number of aromatic nitrogens is 2. The number of nitrogens with zero attached hydrogens (tertiary/aromatic N) is 1. The number of nitrogens with one attached hydrogen (secondary N) is 1. The van der Waals surface area contributed by atoms with E-state index in [-0.39, 0.29) is 4.90 Å². The number of aryl methyl sites for hydroxylation is 1. The largest absolute Gasteiger partial charge is 0.394 e. The molecule has 1 aliphatic rings. The predicted molar refractivity (Wildman–Crippen MR) is 91.6 cm³/mol. The van der Waals surface area contributed by atoms with Crippen molar-refractivity contribution in [3.63, 3.8) is 0 Å². The third kappa shape index (κ3) is 2.93. The molecule has 0 unspecified atom stereocenters. The summed E-state index contributed by atoms with van der Waals surface area (Å²) in [5.41, 5.74) is -1.01. The number of hydrogen-bond acceptors (Lipinski definition) is 8. The summed E-state index contributed by atoms with van der Waals surface area (Å²) in [5.74, 6) is 0. The molecule has 0 aliphatic carbocycles. The van der Waals surface area contributed by atoms with Crippen molar-refractivity contribution in [1.29, 1.82) is 0 Å². The summed E-state index contributed by atoms with van der Waals surface area (Å²) in [6, 6.07) is 6.43. The fourth-order valence-electron chi connectivity index (χ4n) is 2.97. The molecule has 1 aromatic carbocycles. The van der Waals surface area contributed by atoms with E-state index in [0.29, 0.717) is 4.57 Å². The van der Waals surface area contributed by atoms with Gasteiger partial charge in [-0.15, -0.1) is 0 Å². The first-order chi connectivity index (χ1) is 12.6. The molecule has 1 fully saturated rings. The lowest BCUT2D eigenvalue weighted by Gasteiger charge is -2.31. The maximum atomic E-state index is 13.1. The van der Waals surface area contributed by atoms with Crippen LogP contribution in [-0.2, 0) is 14.6 Å². The van der Waals surface area contributed by atoms with E-state index in [1.807, 2.05) is 4.98 Å². The second-order valence-electron chi connectivity index (χ2n) is 6.24. The summed E-state index contributed by atoms with van der Waals surface area (Å²) in [6.07, 6.45) is -4.49. The number of aliphatic hydroxyl groups excluding tert-OH is 2. The van der Waals surface area contributed by atoms with Gasteiger partial charge in [0.1, 0.15) is 12.2 Å². The van der Waals surface area contributed by atoms with Crippen LogP contribution in [0.3, 0.4) is 0 Å². The van der Waals surface area contributed by atoms with Gasteiger partial charge in [-0.3, -0.25) is 14.3 Å². The highest BCUT2D eigenvalue weighted by molar-refractivity contribution is 7.92. The second-order valence-corrected chi connectivity index (χ2v) is 8.37. The van der Waals surface area contributed by atoms with Crippen LogP contribution in [0.2, 0.25) is 0 Å². The van der Waals surface area contributed by atoms with Crippen molar-refractivity contribution < 1.29 is 28.5 Å². The van der Waals surface area contributed by atoms with Gasteiger partial charge in [0.15, 0.2) is 6.23 Å². The lowest BCUT2D eigenvalue weighted by molar-refractivity contribution is -0.0660. The Hall–Kier alpha value is -2.31. The highest BCUT2D eigenvalue weighted by Gasteiger charge is 2.64. The number of aliphatic hydroxyl groups is 3. The van der Waals surface area contributed by atoms with Gasteiger partial charge in [-0.25, -0.2) is 13.2 Å². The zero-order valence-corrected chi connectivity index (χ0v) is 15.0. The van der Waals surface area contributed by atoms with Crippen molar-refractivity contribution in [2.75, 3.05) is 6.61 Å². The number of benzene rings is 1. The Labute approximate surface area is 153 Å². The van der Waals surface area contributed by atoms with E-state index in [0.717, 1.165) is 17.8 Å². The third-order valence-electron chi connectivity index (χ3n) is 4.48. The zero-order chi connectivity index (χ0) is 20.0. The van der Waals surface area contributed by atoms with Crippen LogP contribution >= 0.6 is 0 Å². The molecule has 11 heteroatoms. The van der Waals surface area contributed by atoms with Crippen molar-refractivity contribution in [3.05, 3.63) is 62.9 Å². The Morgan fingerprint density at radius 2 is 1.85 bits per heavy atom. The average Bonchev–Trinajstić information content (AvgIpc) is 2.88. The molecule has 0 spiro atoms. The van der Waals surface area contributed by atoms with Gasteiger partial charge >= 0.3 is 5.69 Å². The van der Waals surface area contributed by atoms with Crippen LogP contribution in [0, 0.1) is 6.92 Å². The molecule has 2 aromatic rings. The minimum atomic E-state index is -4.65. The molecule has 0 radical (unpaired) electrons. The monoisotopic (exact) mass is 398 g/mol. The smallest absolute Gasteiger partial charge is 0.330 e. The van der Waals surface area contributed by atoms with Crippen LogP contribution in [0.5, 0.6) is 0 Å². The minimum absolute atomic E-state index is 0.306. The number of rotatable bonds is 4. The summed E-state index contributed by atoms with van der Waals surface area (Å²) in [5, 5.41) is 30.9. The molecule has 0 amide bonds. The van der Waals surface area contributed by atoms with Crippen molar-refractivity contribution >= 4 is 9.84 Å². The van der Waals surface area contributed by atoms with E-state index in [9.17, 15) is 33.3 Å². The van der Waals surface area contributed by atoms with Crippen molar-refractivity contribution in [1.82, 2.24) is 9.55 Å². The molecular formula is C16H18N2O8S. The van der Waals surface area contributed by atoms with E-state index in [2.05, 4.69) is 0 Å². The normalized spacial score (nSPS) is 28.4. The van der Waals surface area contributed by atoms with Crippen LogP contribution in [-0.4, -0.2) is 57.0 Å². The maximum Gasteiger partial charge on any atom is 0.330 e. The third-order valence-corrected chi connectivity index (χ3v) is 6.68. The molecule has 27 heavy (non-hydrogen) atoms. The topological polar surface area (TPSA) is 159 Å². The molecule has 4 atom stereocenters. The molecule has 1 saturated heterocycles. The number of sulfone groups is 1. The second kappa shape index (κ2) is 6.69. The van der Waals surface area contributed by atoms with E-state index >= 15 is 0 Å². The lowest BCUT2D eigenvalue weighted by Crippen LogP contribution is -2.54. The number of ether oxygens (including phenoxy) is 1. The van der Waals surface area contributed by atoms with Gasteiger partial charge < -0.3 is 20.1 Å². The molecule has 0 bridgehead atoms. The molecular weight excluding hydrogens is 380 g/mol. The minimum Gasteiger partial charge on any atom is -0.394 e. The average molecular weight is 398 g/mol. The van der Waals surface area contributed by atoms with Crippen molar-refractivity contribution in [2.24, 2.45) is 0 Å². The Kier molecular flexibility index (Phi) is 4.82. The summed E-state index contributed by atoms with van der Waals surface area (Å²) in [7, 11) is -4.65. The zero-order valence-electron chi connectivity index (χ0n) is 14.1. The molecule has 2 heterocycles. The molecule has 0 saturated carbocycles. The Morgan fingerprint density at radius 3 is 2.41 bits per heavy atom. The van der Waals surface area contributed by atoms with Crippen LogP contribution in [0.25, 0.3) is 0 Å². The highest BCUT2D eigenvalue weighted by atomic mass is 32.2. The molecule has 10 nitrogen and oxygen atoms in total. The van der Waals surface area contributed by atoms with Crippen LogP contribution in [0.4, 0.5) is 0 Å². The quantitative estimate of drug-likeness (QED) is 0.472. The van der Waals surface area contributed by atoms with Crippen LogP contribution in [0.1, 0.15) is 11.8 Å². The van der Waals surface area contributed by atoms with Crippen molar-refractivity contribution in [2.45, 2.75) is 35.2 Å². The Morgan fingerprint density at radius 1 is 1.22 bits per heavy atom. The lowest BCUT2D eigenvalue weighted by atomic mass is 10.1. The predicted octanol–water partition coefficient (Wildman–Crippen LogP) is -1.74. The van der Waals surface area contributed by atoms with Crippen LogP contribution < -0.4 is 11.2 Å². The SMILES string of the molecule is Cc1ccc(S(=O)(=O)[C@@]2(O)[C@H](O)[C@@H](CO)O[C@H]2n2ccc(=O)[nH]c2=O)cc1. The Balaban J connectivity index is 2.22. The van der Waals surface area contributed by atoms with Gasteiger partial charge in [-0.1, -0.05) is 17.7 Å². The summed E-state index contributed by atoms with van der Waals surface area (Å²) >= 11 is 0. The highest BCUT2D eigenvalue weighted by Crippen LogP contribution is 2.44. The first kappa shape index (κ1) is 19.5. The standard InChI is InChI=1S/C16H18N2O8S/c1-9-2-4-10(5-3-9)27(24,25)16(23)13(21)11(8-19)26-14(16)18-7-6-12(20)17-15(18)22/h2-7,11,13-14,19,21,23H,8H2,1H3,(H,17,20,22)/t11-,13-,14-,16+/m1/s1. The first-order valence-corrected chi connectivity index (χ1v) is 9.40. The summed E-state index contributed by atoms with van der Waals surface area (Å²) in [6.45, 7) is 0.935. The maximum absolute atomic E-state index is 13.1. The Bertz CT molecular complexity index is 1060.